The number of rotatable bonds is 1. The highest BCUT2D eigenvalue weighted by Crippen LogP contribution is 2.37. The van der Waals surface area contributed by atoms with Crippen LogP contribution in [-0.4, -0.2) is 17.6 Å². The summed E-state index contributed by atoms with van der Waals surface area (Å²) in [5.41, 5.74) is 2.27. The fraction of sp³-hybridized carbons (Fsp3) is 0.235. The van der Waals surface area contributed by atoms with Crippen molar-refractivity contribution < 1.29 is 18.7 Å². The largest absolute Gasteiger partial charge is 0.388 e. The molecule has 0 saturated carbocycles. The Morgan fingerprint density at radius 3 is 2.73 bits per heavy atom. The Balaban J connectivity index is 2.04. The maximum Gasteiger partial charge on any atom is 0.258 e. The van der Waals surface area contributed by atoms with Crippen LogP contribution in [-0.2, 0) is 0 Å². The van der Waals surface area contributed by atoms with Crippen molar-refractivity contribution in [2.75, 3.05) is 11.4 Å². The van der Waals surface area contributed by atoms with Crippen LogP contribution in [0.15, 0.2) is 36.4 Å². The summed E-state index contributed by atoms with van der Waals surface area (Å²) in [5, 5.41) is 10.1. The maximum atomic E-state index is 13.4. The van der Waals surface area contributed by atoms with Crippen LogP contribution in [0.1, 0.15) is 34.0 Å². The van der Waals surface area contributed by atoms with Gasteiger partial charge in [0, 0.05) is 17.7 Å². The number of para-hydroxylation sites is 1. The van der Waals surface area contributed by atoms with Gasteiger partial charge in [-0.25, -0.2) is 8.78 Å². The highest BCUT2D eigenvalue weighted by molar-refractivity contribution is 6.07. The molecule has 3 rings (SSSR count). The molecular weight excluding hydrogens is 288 g/mol. The van der Waals surface area contributed by atoms with Gasteiger partial charge in [0.2, 0.25) is 0 Å². The number of hydrogen-bond acceptors (Lipinski definition) is 2. The average molecular weight is 303 g/mol. The third-order valence-electron chi connectivity index (χ3n) is 3.94. The molecule has 1 N–H and O–H groups in total. The number of hydrogen-bond donors (Lipinski definition) is 1. The van der Waals surface area contributed by atoms with Crippen molar-refractivity contribution in [1.82, 2.24) is 0 Å². The zero-order valence-electron chi connectivity index (χ0n) is 12.0. The smallest absolute Gasteiger partial charge is 0.258 e. The molecule has 0 radical (unpaired) electrons. The van der Waals surface area contributed by atoms with Crippen LogP contribution in [0, 0.1) is 18.6 Å². The second kappa shape index (κ2) is 5.50. The Morgan fingerprint density at radius 1 is 1.23 bits per heavy atom. The molecule has 0 aliphatic carbocycles. The summed E-state index contributed by atoms with van der Waals surface area (Å²) in [6.45, 7) is 2.18. The maximum absolute atomic E-state index is 13.4. The monoisotopic (exact) mass is 303 g/mol. The van der Waals surface area contributed by atoms with Crippen molar-refractivity contribution in [1.29, 1.82) is 0 Å². The zero-order valence-corrected chi connectivity index (χ0v) is 12.0. The van der Waals surface area contributed by atoms with E-state index in [4.69, 9.17) is 0 Å². The molecule has 5 heteroatoms. The van der Waals surface area contributed by atoms with E-state index in [1.165, 1.54) is 11.0 Å². The lowest BCUT2D eigenvalue weighted by atomic mass is 9.95. The first-order valence-corrected chi connectivity index (χ1v) is 7.03. The molecule has 1 aliphatic rings. The minimum absolute atomic E-state index is 0.0875. The number of aliphatic hydroxyl groups excluding tert-OH is 1. The van der Waals surface area contributed by atoms with Crippen molar-refractivity contribution in [3.63, 3.8) is 0 Å². The number of carbonyl (C=O) groups is 1. The third kappa shape index (κ3) is 2.37. The number of aryl methyl sites for hydroxylation is 1. The van der Waals surface area contributed by atoms with Gasteiger partial charge in [-0.3, -0.25) is 4.79 Å². The van der Waals surface area contributed by atoms with Gasteiger partial charge in [0.25, 0.3) is 5.91 Å². The number of fused-ring (bicyclic) bond motifs is 1. The standard InChI is InChI=1S/C17H15F2NO2/c1-10-3-2-4-12-15(21)7-8-20(16(10)12)17(22)11-5-6-13(18)14(19)9-11/h2-6,9,15,21H,7-8H2,1H3. The number of benzene rings is 2. The van der Waals surface area contributed by atoms with Crippen molar-refractivity contribution >= 4 is 11.6 Å². The van der Waals surface area contributed by atoms with E-state index in [9.17, 15) is 18.7 Å². The van der Waals surface area contributed by atoms with Gasteiger partial charge >= 0.3 is 0 Å². The van der Waals surface area contributed by atoms with Crippen molar-refractivity contribution in [2.24, 2.45) is 0 Å². The number of halogens is 2. The molecule has 1 aliphatic heterocycles. The number of carbonyl (C=O) groups excluding carboxylic acids is 1. The predicted molar refractivity (Wildman–Crippen MR) is 78.8 cm³/mol. The predicted octanol–water partition coefficient (Wildman–Crippen LogP) is 3.36. The van der Waals surface area contributed by atoms with Crippen LogP contribution >= 0.6 is 0 Å². The molecule has 2 aromatic rings. The van der Waals surface area contributed by atoms with E-state index in [0.717, 1.165) is 17.7 Å². The van der Waals surface area contributed by atoms with Gasteiger partial charge in [0.15, 0.2) is 11.6 Å². The number of amides is 1. The fourth-order valence-electron chi connectivity index (χ4n) is 2.83. The van der Waals surface area contributed by atoms with Gasteiger partial charge in [0.05, 0.1) is 11.8 Å². The summed E-state index contributed by atoms with van der Waals surface area (Å²) in [6.07, 6.45) is -0.213. The molecule has 114 valence electrons. The van der Waals surface area contributed by atoms with Crippen molar-refractivity contribution in [3.8, 4) is 0 Å². The Bertz CT molecular complexity index is 745. The van der Waals surface area contributed by atoms with Gasteiger partial charge in [-0.1, -0.05) is 18.2 Å². The summed E-state index contributed by atoms with van der Waals surface area (Å²) in [4.78, 5) is 14.2. The number of anilines is 1. The van der Waals surface area contributed by atoms with Crippen molar-refractivity contribution in [2.45, 2.75) is 19.4 Å². The minimum Gasteiger partial charge on any atom is -0.388 e. The molecule has 1 unspecified atom stereocenters. The van der Waals surface area contributed by atoms with E-state index in [-0.39, 0.29) is 5.56 Å². The van der Waals surface area contributed by atoms with Crippen LogP contribution < -0.4 is 4.90 Å². The number of aliphatic hydroxyl groups is 1. The third-order valence-corrected chi connectivity index (χ3v) is 3.94. The van der Waals surface area contributed by atoms with Crippen LogP contribution in [0.3, 0.4) is 0 Å². The van der Waals surface area contributed by atoms with Gasteiger partial charge in [0.1, 0.15) is 0 Å². The van der Waals surface area contributed by atoms with E-state index in [2.05, 4.69) is 0 Å². The van der Waals surface area contributed by atoms with Crippen LogP contribution in [0.4, 0.5) is 14.5 Å². The van der Waals surface area contributed by atoms with E-state index in [1.807, 2.05) is 19.1 Å². The topological polar surface area (TPSA) is 40.5 Å². The second-order valence-electron chi connectivity index (χ2n) is 5.40. The van der Waals surface area contributed by atoms with E-state index >= 15 is 0 Å². The Kier molecular flexibility index (Phi) is 3.66. The normalized spacial score (nSPS) is 17.3. The van der Waals surface area contributed by atoms with Crippen LogP contribution in [0.25, 0.3) is 0 Å². The lowest BCUT2D eigenvalue weighted by Crippen LogP contribution is -2.37. The number of nitrogens with zero attached hydrogens (tertiary/aromatic N) is 1. The van der Waals surface area contributed by atoms with Crippen LogP contribution in [0.5, 0.6) is 0 Å². The molecule has 22 heavy (non-hydrogen) atoms. The first-order chi connectivity index (χ1) is 10.5. The first-order valence-electron chi connectivity index (χ1n) is 7.03. The summed E-state index contributed by atoms with van der Waals surface area (Å²) in [7, 11) is 0. The molecule has 1 amide bonds. The van der Waals surface area contributed by atoms with Gasteiger partial charge < -0.3 is 10.0 Å². The zero-order chi connectivity index (χ0) is 15.9. The SMILES string of the molecule is Cc1cccc2c1N(C(=O)c1ccc(F)c(F)c1)CCC2O. The second-order valence-corrected chi connectivity index (χ2v) is 5.40. The molecular formula is C17H15F2NO2. The van der Waals surface area contributed by atoms with E-state index in [0.29, 0.717) is 24.2 Å². The van der Waals surface area contributed by atoms with Crippen molar-refractivity contribution in [3.05, 3.63) is 64.7 Å². The molecule has 2 aromatic carbocycles. The van der Waals surface area contributed by atoms with E-state index in [1.54, 1.807) is 6.07 Å². The van der Waals surface area contributed by atoms with Crippen LogP contribution in [0.2, 0.25) is 0 Å². The van der Waals surface area contributed by atoms with Gasteiger partial charge in [-0.15, -0.1) is 0 Å². The van der Waals surface area contributed by atoms with Gasteiger partial charge in [-0.05, 0) is 37.1 Å². The Morgan fingerprint density at radius 2 is 2.00 bits per heavy atom. The van der Waals surface area contributed by atoms with E-state index < -0.39 is 23.6 Å². The quantitative estimate of drug-likeness (QED) is 0.877. The highest BCUT2D eigenvalue weighted by atomic mass is 19.2. The molecule has 1 heterocycles. The molecule has 3 nitrogen and oxygen atoms in total. The summed E-state index contributed by atoms with van der Waals surface area (Å²) in [6, 6.07) is 8.56. The lowest BCUT2D eigenvalue weighted by Gasteiger charge is -2.33. The lowest BCUT2D eigenvalue weighted by molar-refractivity contribution is 0.0969. The molecule has 0 saturated heterocycles. The average Bonchev–Trinajstić information content (AvgIpc) is 2.50. The summed E-state index contributed by atoms with van der Waals surface area (Å²) < 4.78 is 26.4. The summed E-state index contributed by atoms with van der Waals surface area (Å²) >= 11 is 0. The fourth-order valence-corrected chi connectivity index (χ4v) is 2.83. The minimum atomic E-state index is -1.05. The molecule has 0 bridgehead atoms. The Labute approximate surface area is 126 Å². The first kappa shape index (κ1) is 14.7. The summed E-state index contributed by atoms with van der Waals surface area (Å²) in [5.74, 6) is -2.43. The molecule has 0 fully saturated rings. The van der Waals surface area contributed by atoms with Gasteiger partial charge in [-0.2, -0.15) is 0 Å². The molecule has 1 atom stereocenters. The molecule has 0 spiro atoms. The molecule has 0 aromatic heterocycles. The highest BCUT2D eigenvalue weighted by Gasteiger charge is 2.29. The Hall–Kier alpha value is -2.27.